The summed E-state index contributed by atoms with van der Waals surface area (Å²) in [6.45, 7) is 6.02. The molecule has 1 N–H and O–H groups in total. The summed E-state index contributed by atoms with van der Waals surface area (Å²) in [5.41, 5.74) is 0. The molecule has 1 saturated carbocycles. The minimum atomic E-state index is -0.327. The standard InChI is InChI=1S/C15H26N2O2S/c1-9(2)7-13-15(19)17(10(3)14(18)16-13)11-5-6-12(8-11)20-4/h9-13H,5-8H2,1-4H3,(H,16,18). The van der Waals surface area contributed by atoms with E-state index in [4.69, 9.17) is 0 Å². The zero-order valence-electron chi connectivity index (χ0n) is 12.9. The molecule has 4 atom stereocenters. The highest BCUT2D eigenvalue weighted by Crippen LogP contribution is 2.33. The third-order valence-corrected chi connectivity index (χ3v) is 5.55. The van der Waals surface area contributed by atoms with Crippen LogP contribution in [-0.2, 0) is 9.59 Å². The van der Waals surface area contributed by atoms with E-state index in [1.54, 1.807) is 0 Å². The van der Waals surface area contributed by atoms with Gasteiger partial charge < -0.3 is 10.2 Å². The maximum atomic E-state index is 12.7. The van der Waals surface area contributed by atoms with Gasteiger partial charge in [-0.2, -0.15) is 11.8 Å². The number of nitrogens with one attached hydrogen (secondary N) is 1. The van der Waals surface area contributed by atoms with Crippen molar-refractivity contribution >= 4 is 23.6 Å². The van der Waals surface area contributed by atoms with Crippen LogP contribution in [-0.4, -0.2) is 46.3 Å². The van der Waals surface area contributed by atoms with Crippen LogP contribution in [0.15, 0.2) is 0 Å². The molecule has 4 nitrogen and oxygen atoms in total. The zero-order valence-corrected chi connectivity index (χ0v) is 13.7. The normalized spacial score (nSPS) is 34.8. The lowest BCUT2D eigenvalue weighted by molar-refractivity contribution is -0.151. The Morgan fingerprint density at radius 2 is 2.05 bits per heavy atom. The SMILES string of the molecule is CSC1CCC(N2C(=O)C(CC(C)C)NC(=O)C2C)C1. The predicted octanol–water partition coefficient (Wildman–Crippen LogP) is 2.03. The first kappa shape index (κ1) is 15.7. The summed E-state index contributed by atoms with van der Waals surface area (Å²) >= 11 is 1.88. The quantitative estimate of drug-likeness (QED) is 0.864. The Morgan fingerprint density at radius 1 is 1.35 bits per heavy atom. The van der Waals surface area contributed by atoms with E-state index in [0.717, 1.165) is 25.7 Å². The topological polar surface area (TPSA) is 49.4 Å². The second-order valence-electron chi connectivity index (χ2n) is 6.44. The van der Waals surface area contributed by atoms with Crippen molar-refractivity contribution in [1.82, 2.24) is 10.2 Å². The highest BCUT2D eigenvalue weighted by Gasteiger charge is 2.43. The Kier molecular flexibility index (Phi) is 4.99. The van der Waals surface area contributed by atoms with Gasteiger partial charge in [-0.1, -0.05) is 13.8 Å². The van der Waals surface area contributed by atoms with Gasteiger partial charge in [0.05, 0.1) is 0 Å². The maximum absolute atomic E-state index is 12.7. The van der Waals surface area contributed by atoms with Crippen molar-refractivity contribution < 1.29 is 9.59 Å². The van der Waals surface area contributed by atoms with E-state index >= 15 is 0 Å². The van der Waals surface area contributed by atoms with Gasteiger partial charge in [0.15, 0.2) is 0 Å². The fourth-order valence-corrected chi connectivity index (χ4v) is 4.15. The van der Waals surface area contributed by atoms with Crippen molar-refractivity contribution in [2.45, 2.75) is 69.8 Å². The van der Waals surface area contributed by atoms with Crippen molar-refractivity contribution in [1.29, 1.82) is 0 Å². The van der Waals surface area contributed by atoms with E-state index in [1.165, 1.54) is 0 Å². The van der Waals surface area contributed by atoms with Crippen molar-refractivity contribution in [3.05, 3.63) is 0 Å². The number of piperazine rings is 1. The summed E-state index contributed by atoms with van der Waals surface area (Å²) in [5, 5.41) is 3.52. The minimum absolute atomic E-state index is 0.00264. The van der Waals surface area contributed by atoms with Crippen LogP contribution in [0.5, 0.6) is 0 Å². The molecule has 0 spiro atoms. The molecule has 5 heteroatoms. The fourth-order valence-electron chi connectivity index (χ4n) is 3.36. The molecule has 1 heterocycles. The molecule has 4 unspecified atom stereocenters. The number of carbonyl (C=O) groups excluding carboxylic acids is 2. The van der Waals surface area contributed by atoms with Crippen LogP contribution in [0.1, 0.15) is 46.5 Å². The number of carbonyl (C=O) groups is 2. The molecule has 1 saturated heterocycles. The lowest BCUT2D eigenvalue weighted by Crippen LogP contribution is -2.64. The van der Waals surface area contributed by atoms with Crippen LogP contribution in [0.2, 0.25) is 0 Å². The van der Waals surface area contributed by atoms with Gasteiger partial charge in [-0.15, -0.1) is 0 Å². The molecule has 2 amide bonds. The Balaban J connectivity index is 2.12. The first-order chi connectivity index (χ1) is 9.43. The minimum Gasteiger partial charge on any atom is -0.343 e. The second-order valence-corrected chi connectivity index (χ2v) is 7.57. The first-order valence-corrected chi connectivity index (χ1v) is 8.88. The van der Waals surface area contributed by atoms with E-state index < -0.39 is 0 Å². The van der Waals surface area contributed by atoms with Gasteiger partial charge in [-0.05, 0) is 44.8 Å². The van der Waals surface area contributed by atoms with Crippen LogP contribution in [0.4, 0.5) is 0 Å². The molecule has 0 aromatic rings. The van der Waals surface area contributed by atoms with Crippen LogP contribution in [0.3, 0.4) is 0 Å². The number of thioether (sulfide) groups is 1. The van der Waals surface area contributed by atoms with E-state index in [1.807, 2.05) is 23.6 Å². The van der Waals surface area contributed by atoms with Crippen LogP contribution in [0.25, 0.3) is 0 Å². The van der Waals surface area contributed by atoms with Crippen molar-refractivity contribution in [3.8, 4) is 0 Å². The van der Waals surface area contributed by atoms with E-state index in [9.17, 15) is 9.59 Å². The number of hydrogen-bond donors (Lipinski definition) is 1. The Hall–Kier alpha value is -0.710. The third kappa shape index (κ3) is 3.13. The van der Waals surface area contributed by atoms with E-state index in [0.29, 0.717) is 11.2 Å². The third-order valence-electron chi connectivity index (χ3n) is 4.46. The summed E-state index contributed by atoms with van der Waals surface area (Å²) in [6, 6.07) is -0.404. The van der Waals surface area contributed by atoms with Crippen molar-refractivity contribution in [2.75, 3.05) is 6.26 Å². The fraction of sp³-hybridized carbons (Fsp3) is 0.867. The lowest BCUT2D eigenvalue weighted by atomic mass is 9.97. The lowest BCUT2D eigenvalue weighted by Gasteiger charge is -2.41. The number of hydrogen-bond acceptors (Lipinski definition) is 3. The molecule has 0 radical (unpaired) electrons. The molecule has 2 fully saturated rings. The van der Waals surface area contributed by atoms with Gasteiger partial charge in [0.2, 0.25) is 11.8 Å². The molecule has 114 valence electrons. The molecule has 2 rings (SSSR count). The van der Waals surface area contributed by atoms with Crippen molar-refractivity contribution in [2.24, 2.45) is 5.92 Å². The number of rotatable bonds is 4. The molecular formula is C15H26N2O2S. The smallest absolute Gasteiger partial charge is 0.246 e. The summed E-state index contributed by atoms with van der Waals surface area (Å²) in [6.07, 6.45) is 6.07. The molecule has 1 aliphatic carbocycles. The highest BCUT2D eigenvalue weighted by molar-refractivity contribution is 7.99. The molecule has 2 aliphatic rings. The van der Waals surface area contributed by atoms with Crippen LogP contribution >= 0.6 is 11.8 Å². The molecule has 0 aromatic carbocycles. The largest absolute Gasteiger partial charge is 0.343 e. The Bertz CT molecular complexity index is 386. The molecule has 0 aromatic heterocycles. The Labute approximate surface area is 126 Å². The van der Waals surface area contributed by atoms with Gasteiger partial charge in [-0.25, -0.2) is 0 Å². The average Bonchev–Trinajstić information content (AvgIpc) is 2.84. The van der Waals surface area contributed by atoms with Crippen LogP contribution in [0, 0.1) is 5.92 Å². The van der Waals surface area contributed by atoms with Gasteiger partial charge >= 0.3 is 0 Å². The summed E-state index contributed by atoms with van der Waals surface area (Å²) < 4.78 is 0. The summed E-state index contributed by atoms with van der Waals surface area (Å²) in [5.74, 6) is 0.530. The van der Waals surface area contributed by atoms with E-state index in [2.05, 4.69) is 25.4 Å². The van der Waals surface area contributed by atoms with Gasteiger partial charge in [0, 0.05) is 11.3 Å². The highest BCUT2D eigenvalue weighted by atomic mass is 32.2. The second kappa shape index (κ2) is 6.37. The maximum Gasteiger partial charge on any atom is 0.246 e. The van der Waals surface area contributed by atoms with Crippen LogP contribution < -0.4 is 5.32 Å². The monoisotopic (exact) mass is 298 g/mol. The zero-order chi connectivity index (χ0) is 14.9. The summed E-state index contributed by atoms with van der Waals surface area (Å²) in [7, 11) is 0. The number of amides is 2. The van der Waals surface area contributed by atoms with Gasteiger partial charge in [0.1, 0.15) is 12.1 Å². The van der Waals surface area contributed by atoms with Crippen molar-refractivity contribution in [3.63, 3.8) is 0 Å². The number of nitrogens with zero attached hydrogens (tertiary/aromatic N) is 1. The molecule has 0 bridgehead atoms. The van der Waals surface area contributed by atoms with E-state index in [-0.39, 0.29) is 29.9 Å². The summed E-state index contributed by atoms with van der Waals surface area (Å²) in [4.78, 5) is 26.7. The average molecular weight is 298 g/mol. The molecular weight excluding hydrogens is 272 g/mol. The van der Waals surface area contributed by atoms with Gasteiger partial charge in [0.25, 0.3) is 0 Å². The Morgan fingerprint density at radius 3 is 2.60 bits per heavy atom. The first-order valence-electron chi connectivity index (χ1n) is 7.59. The molecule has 1 aliphatic heterocycles. The van der Waals surface area contributed by atoms with Gasteiger partial charge in [-0.3, -0.25) is 9.59 Å². The predicted molar refractivity (Wildman–Crippen MR) is 82.6 cm³/mol. The molecule has 20 heavy (non-hydrogen) atoms.